The lowest BCUT2D eigenvalue weighted by molar-refractivity contribution is -0.168. The van der Waals surface area contributed by atoms with E-state index >= 15 is 0 Å². The maximum absolute atomic E-state index is 12.6. The molecular formula is C17H17Cl6F3O4. The Morgan fingerprint density at radius 2 is 1.60 bits per heavy atom. The highest BCUT2D eigenvalue weighted by Crippen LogP contribution is 2.42. The topological polar surface area (TPSA) is 47.9 Å². The summed E-state index contributed by atoms with van der Waals surface area (Å²) in [6, 6.07) is 3.02. The van der Waals surface area contributed by atoms with E-state index in [0.29, 0.717) is 18.6 Å². The Morgan fingerprint density at radius 1 is 1.03 bits per heavy atom. The van der Waals surface area contributed by atoms with Crippen LogP contribution in [0.3, 0.4) is 0 Å². The van der Waals surface area contributed by atoms with Crippen molar-refractivity contribution in [2.24, 2.45) is 0 Å². The number of benzene rings is 1. The molecule has 1 aromatic rings. The van der Waals surface area contributed by atoms with E-state index in [-0.39, 0.29) is 40.1 Å². The second kappa shape index (κ2) is 12.9. The summed E-state index contributed by atoms with van der Waals surface area (Å²) in [5.41, 5.74) is 0. The summed E-state index contributed by atoms with van der Waals surface area (Å²) < 4.78 is 50.3. The van der Waals surface area contributed by atoms with E-state index in [2.05, 4.69) is 0 Å². The number of rotatable bonds is 12. The van der Waals surface area contributed by atoms with E-state index < -0.39 is 23.2 Å². The molecule has 4 nitrogen and oxygen atoms in total. The molecule has 1 N–H and O–H groups in total. The lowest BCUT2D eigenvalue weighted by Crippen LogP contribution is -2.47. The van der Waals surface area contributed by atoms with Gasteiger partial charge in [0.15, 0.2) is 5.75 Å². The van der Waals surface area contributed by atoms with Gasteiger partial charge in [0, 0.05) is 18.7 Å². The van der Waals surface area contributed by atoms with Crippen molar-refractivity contribution in [3.63, 3.8) is 0 Å². The van der Waals surface area contributed by atoms with Crippen LogP contribution in [-0.2, 0) is 4.74 Å². The number of aliphatic hydroxyl groups excluding tert-OH is 1. The standard InChI is InChI=1S/C17H17Cl6F3O4/c18-11-7-10(29-6-3-14(20)21)8-12(19)15(11)30-5-2-1-4-28-9-13(27)16(22,23)17(24,25)26/h3,7-8,13,27H,1-2,4-6,9H2. The van der Waals surface area contributed by atoms with Crippen molar-refractivity contribution in [3.05, 3.63) is 32.7 Å². The van der Waals surface area contributed by atoms with E-state index in [1.54, 1.807) is 0 Å². The predicted molar refractivity (Wildman–Crippen MR) is 114 cm³/mol. The molecule has 1 atom stereocenters. The fourth-order valence-electron chi connectivity index (χ4n) is 1.93. The summed E-state index contributed by atoms with van der Waals surface area (Å²) in [6.07, 6.45) is -4.75. The lowest BCUT2D eigenvalue weighted by atomic mass is 10.2. The molecular weight excluding hydrogens is 538 g/mol. The van der Waals surface area contributed by atoms with Crippen molar-refractivity contribution in [2.75, 3.05) is 26.4 Å². The first-order valence-corrected chi connectivity index (χ1v) is 10.6. The van der Waals surface area contributed by atoms with Gasteiger partial charge in [0.05, 0.1) is 23.3 Å². The highest BCUT2D eigenvalue weighted by molar-refractivity contribution is 6.55. The van der Waals surface area contributed by atoms with Gasteiger partial charge in [-0.3, -0.25) is 0 Å². The molecule has 0 spiro atoms. The maximum Gasteiger partial charge on any atom is 0.424 e. The molecule has 172 valence electrons. The number of hydrogen-bond acceptors (Lipinski definition) is 4. The van der Waals surface area contributed by atoms with Gasteiger partial charge in [0.1, 0.15) is 23.0 Å². The van der Waals surface area contributed by atoms with Crippen LogP contribution in [0.4, 0.5) is 13.2 Å². The lowest BCUT2D eigenvalue weighted by Gasteiger charge is -2.27. The summed E-state index contributed by atoms with van der Waals surface area (Å²) in [6.45, 7) is -0.265. The molecule has 1 aromatic carbocycles. The fraction of sp³-hybridized carbons (Fsp3) is 0.529. The van der Waals surface area contributed by atoms with Crippen molar-refractivity contribution in [3.8, 4) is 11.5 Å². The van der Waals surface area contributed by atoms with Crippen molar-refractivity contribution < 1.29 is 32.5 Å². The third-order valence-electron chi connectivity index (χ3n) is 3.46. The molecule has 0 radical (unpaired) electrons. The molecule has 0 saturated heterocycles. The van der Waals surface area contributed by atoms with Crippen LogP contribution >= 0.6 is 69.6 Å². The van der Waals surface area contributed by atoms with Crippen LogP contribution < -0.4 is 9.47 Å². The second-order valence-corrected chi connectivity index (χ2v) is 9.00. The Hall–Kier alpha value is 0.01000. The van der Waals surface area contributed by atoms with Crippen LogP contribution in [0.2, 0.25) is 10.0 Å². The van der Waals surface area contributed by atoms with Crippen LogP contribution in [0.1, 0.15) is 12.8 Å². The van der Waals surface area contributed by atoms with Crippen LogP contribution in [0.15, 0.2) is 22.7 Å². The highest BCUT2D eigenvalue weighted by Gasteiger charge is 2.57. The van der Waals surface area contributed by atoms with Crippen molar-refractivity contribution in [1.82, 2.24) is 0 Å². The molecule has 0 aliphatic heterocycles. The molecule has 0 bridgehead atoms. The summed E-state index contributed by atoms with van der Waals surface area (Å²) in [5.74, 6) is 0.649. The zero-order valence-electron chi connectivity index (χ0n) is 15.1. The minimum absolute atomic E-state index is 0.0625. The van der Waals surface area contributed by atoms with Crippen molar-refractivity contribution in [1.29, 1.82) is 0 Å². The van der Waals surface area contributed by atoms with Gasteiger partial charge in [-0.2, -0.15) is 13.2 Å². The van der Waals surface area contributed by atoms with Gasteiger partial charge in [-0.25, -0.2) is 0 Å². The fourth-order valence-corrected chi connectivity index (χ4v) is 2.76. The van der Waals surface area contributed by atoms with Gasteiger partial charge in [0.2, 0.25) is 4.33 Å². The van der Waals surface area contributed by atoms with Gasteiger partial charge >= 0.3 is 6.18 Å². The quantitative estimate of drug-likeness (QED) is 0.224. The molecule has 13 heteroatoms. The van der Waals surface area contributed by atoms with Crippen LogP contribution in [-0.4, -0.2) is 48.1 Å². The largest absolute Gasteiger partial charge is 0.490 e. The minimum atomic E-state index is -4.99. The summed E-state index contributed by atoms with van der Waals surface area (Å²) in [5, 5.41) is 9.89. The zero-order chi connectivity index (χ0) is 22.9. The molecule has 0 aliphatic rings. The predicted octanol–water partition coefficient (Wildman–Crippen LogP) is 6.96. The zero-order valence-corrected chi connectivity index (χ0v) is 19.7. The number of alkyl halides is 5. The summed E-state index contributed by atoms with van der Waals surface area (Å²) in [4.78, 5) is 0. The Kier molecular flexibility index (Phi) is 12.1. The normalized spacial score (nSPS) is 13.1. The molecule has 1 unspecified atom stereocenters. The van der Waals surface area contributed by atoms with Gasteiger partial charge in [0.25, 0.3) is 0 Å². The highest BCUT2D eigenvalue weighted by atomic mass is 35.5. The Morgan fingerprint density at radius 3 is 2.13 bits per heavy atom. The van der Waals surface area contributed by atoms with E-state index in [9.17, 15) is 18.3 Å². The Bertz CT molecular complexity index is 688. The van der Waals surface area contributed by atoms with Crippen LogP contribution in [0.25, 0.3) is 0 Å². The molecule has 0 aliphatic carbocycles. The van der Waals surface area contributed by atoms with Crippen LogP contribution in [0.5, 0.6) is 11.5 Å². The third-order valence-corrected chi connectivity index (χ3v) is 5.26. The molecule has 0 amide bonds. The van der Waals surface area contributed by atoms with E-state index in [0.717, 1.165) is 0 Å². The first-order valence-electron chi connectivity index (χ1n) is 8.32. The first-order chi connectivity index (χ1) is 13.9. The molecule has 0 fully saturated rings. The smallest absolute Gasteiger partial charge is 0.424 e. The van der Waals surface area contributed by atoms with E-state index in [1.165, 1.54) is 18.2 Å². The second-order valence-electron chi connectivity index (χ2n) is 5.79. The number of unbranched alkanes of at least 4 members (excludes halogenated alkanes) is 1. The summed E-state index contributed by atoms with van der Waals surface area (Å²) >= 11 is 33.5. The number of hydrogen-bond donors (Lipinski definition) is 1. The number of halogens is 9. The van der Waals surface area contributed by atoms with Gasteiger partial charge in [-0.05, 0) is 18.9 Å². The van der Waals surface area contributed by atoms with Crippen molar-refractivity contribution in [2.45, 2.75) is 29.5 Å². The monoisotopic (exact) mass is 552 g/mol. The van der Waals surface area contributed by atoms with E-state index in [1.807, 2.05) is 0 Å². The molecule has 30 heavy (non-hydrogen) atoms. The molecule has 0 saturated carbocycles. The van der Waals surface area contributed by atoms with Gasteiger partial charge in [-0.15, -0.1) is 0 Å². The third kappa shape index (κ3) is 9.25. The SMILES string of the molecule is OC(COCCCCOc1c(Cl)cc(OCC=C(Cl)Cl)cc1Cl)C(Cl)(Cl)C(F)(F)F. The average Bonchev–Trinajstić information content (AvgIpc) is 2.61. The number of aliphatic hydroxyl groups is 1. The average molecular weight is 555 g/mol. The molecule has 1 rings (SSSR count). The van der Waals surface area contributed by atoms with E-state index in [4.69, 9.17) is 83.8 Å². The number of ether oxygens (including phenoxy) is 3. The Balaban J connectivity index is 2.35. The minimum Gasteiger partial charge on any atom is -0.490 e. The summed E-state index contributed by atoms with van der Waals surface area (Å²) in [7, 11) is 0. The molecule has 0 heterocycles. The molecule has 0 aromatic heterocycles. The van der Waals surface area contributed by atoms with Gasteiger partial charge in [-0.1, -0.05) is 69.6 Å². The van der Waals surface area contributed by atoms with Crippen molar-refractivity contribution >= 4 is 69.6 Å². The van der Waals surface area contributed by atoms with Gasteiger partial charge < -0.3 is 19.3 Å². The van der Waals surface area contributed by atoms with Crippen LogP contribution in [0, 0.1) is 0 Å². The Labute approximate surface area is 201 Å². The maximum atomic E-state index is 12.6. The first kappa shape index (κ1) is 28.0.